The topological polar surface area (TPSA) is 72.2 Å². The number of hydrogen-bond acceptors (Lipinski definition) is 3. The van der Waals surface area contributed by atoms with Crippen LogP contribution in [0.1, 0.15) is 11.1 Å². The third-order valence-electron chi connectivity index (χ3n) is 2.33. The Morgan fingerprint density at radius 3 is 2.28 bits per heavy atom. The Balaban J connectivity index is 3.48. The van der Waals surface area contributed by atoms with Crippen LogP contribution in [0.4, 0.5) is 10.1 Å². The number of anilines is 1. The molecule has 0 aliphatic carbocycles. The van der Waals surface area contributed by atoms with Crippen molar-refractivity contribution in [3.63, 3.8) is 0 Å². The molecule has 0 aliphatic rings. The van der Waals surface area contributed by atoms with Crippen LogP contribution in [0.5, 0.6) is 0 Å². The predicted molar refractivity (Wildman–Crippen MR) is 74.5 cm³/mol. The molecule has 0 saturated heterocycles. The van der Waals surface area contributed by atoms with Gasteiger partial charge in [0, 0.05) is 4.90 Å². The molecule has 0 saturated carbocycles. The van der Waals surface area contributed by atoms with E-state index in [1.54, 1.807) is 13.8 Å². The van der Waals surface area contributed by atoms with Crippen molar-refractivity contribution in [3.8, 4) is 0 Å². The molecular weight excluding hydrogens is 322 g/mol. The van der Waals surface area contributed by atoms with Gasteiger partial charge in [-0.05, 0) is 25.0 Å². The van der Waals surface area contributed by atoms with Crippen LogP contribution in [-0.4, -0.2) is 14.4 Å². The van der Waals surface area contributed by atoms with Crippen molar-refractivity contribution in [1.82, 2.24) is 0 Å². The van der Waals surface area contributed by atoms with Crippen LogP contribution in [0.25, 0.3) is 0 Å². The first kappa shape index (κ1) is 15.8. The maximum atomic E-state index is 12.4. The number of nitrogens with one attached hydrogen (secondary N) is 1. The first-order chi connectivity index (χ1) is 8.19. The predicted octanol–water partition coefficient (Wildman–Crippen LogP) is 3.24. The zero-order valence-electron chi connectivity index (χ0n) is 9.55. The summed E-state index contributed by atoms with van der Waals surface area (Å²) >= 11 is 12.8. The molecule has 0 amide bonds. The molecule has 0 atom stereocenters. The van der Waals surface area contributed by atoms with Gasteiger partial charge in [-0.2, -0.15) is 8.42 Å². The molecule has 18 heavy (non-hydrogen) atoms. The summed E-state index contributed by atoms with van der Waals surface area (Å²) in [5.74, 6) is 0. The SMILES string of the molecule is Cc1c(C)c(SCF)c(Cl)c(Cl)c1NS(N)(=O)=O. The lowest BCUT2D eigenvalue weighted by Gasteiger charge is -2.17. The summed E-state index contributed by atoms with van der Waals surface area (Å²) in [6.07, 6.45) is 0. The molecule has 0 aliphatic heterocycles. The molecular formula is C9H11Cl2FN2O2S2. The van der Waals surface area contributed by atoms with E-state index in [0.29, 0.717) is 16.0 Å². The van der Waals surface area contributed by atoms with Crippen LogP contribution in [0.15, 0.2) is 4.90 Å². The summed E-state index contributed by atoms with van der Waals surface area (Å²) in [7, 11) is -3.95. The molecule has 0 fully saturated rings. The van der Waals surface area contributed by atoms with E-state index in [1.807, 2.05) is 0 Å². The van der Waals surface area contributed by atoms with Crippen LogP contribution < -0.4 is 9.86 Å². The van der Waals surface area contributed by atoms with E-state index >= 15 is 0 Å². The Morgan fingerprint density at radius 2 is 1.83 bits per heavy atom. The van der Waals surface area contributed by atoms with Crippen molar-refractivity contribution in [2.75, 3.05) is 10.7 Å². The Kier molecular flexibility index (Phi) is 5.13. The van der Waals surface area contributed by atoms with Gasteiger partial charge in [-0.1, -0.05) is 35.0 Å². The lowest BCUT2D eigenvalue weighted by Crippen LogP contribution is -2.22. The molecule has 102 valence electrons. The van der Waals surface area contributed by atoms with Gasteiger partial charge in [0.05, 0.1) is 15.7 Å². The lowest BCUT2D eigenvalue weighted by atomic mass is 10.1. The van der Waals surface area contributed by atoms with Gasteiger partial charge in [-0.3, -0.25) is 4.72 Å². The third-order valence-corrected chi connectivity index (χ3v) is 4.69. The summed E-state index contributed by atoms with van der Waals surface area (Å²) in [5.41, 5.74) is 1.32. The van der Waals surface area contributed by atoms with Gasteiger partial charge in [0.25, 0.3) is 10.2 Å². The zero-order valence-corrected chi connectivity index (χ0v) is 12.7. The largest absolute Gasteiger partial charge is 0.296 e. The Labute approximate surface area is 119 Å². The van der Waals surface area contributed by atoms with E-state index < -0.39 is 16.2 Å². The van der Waals surface area contributed by atoms with Crippen LogP contribution in [-0.2, 0) is 10.2 Å². The molecule has 0 heterocycles. The molecule has 0 bridgehead atoms. The number of rotatable bonds is 4. The van der Waals surface area contributed by atoms with Crippen molar-refractivity contribution in [2.45, 2.75) is 18.7 Å². The van der Waals surface area contributed by atoms with E-state index in [1.165, 1.54) is 0 Å². The highest BCUT2D eigenvalue weighted by Gasteiger charge is 2.20. The lowest BCUT2D eigenvalue weighted by molar-refractivity contribution is 0.602. The number of alkyl halides is 1. The third kappa shape index (κ3) is 3.42. The van der Waals surface area contributed by atoms with Gasteiger partial charge in [0.1, 0.15) is 6.01 Å². The highest BCUT2D eigenvalue weighted by Crippen LogP contribution is 2.43. The van der Waals surface area contributed by atoms with E-state index in [4.69, 9.17) is 28.3 Å². The van der Waals surface area contributed by atoms with Crippen molar-refractivity contribution in [2.24, 2.45) is 5.14 Å². The van der Waals surface area contributed by atoms with E-state index in [2.05, 4.69) is 4.72 Å². The Bertz CT molecular complexity index is 549. The van der Waals surface area contributed by atoms with Gasteiger partial charge < -0.3 is 0 Å². The highest BCUT2D eigenvalue weighted by molar-refractivity contribution is 7.99. The average Bonchev–Trinajstić information content (AvgIpc) is 2.26. The summed E-state index contributed by atoms with van der Waals surface area (Å²) in [6, 6.07) is -0.654. The minimum atomic E-state index is -3.95. The second-order valence-electron chi connectivity index (χ2n) is 3.48. The van der Waals surface area contributed by atoms with Gasteiger partial charge in [-0.15, -0.1) is 0 Å². The molecule has 1 aromatic carbocycles. The maximum absolute atomic E-state index is 12.4. The highest BCUT2D eigenvalue weighted by atomic mass is 35.5. The van der Waals surface area contributed by atoms with Gasteiger partial charge in [0.2, 0.25) is 0 Å². The minimum absolute atomic E-state index is 0.00439. The number of hydrogen-bond donors (Lipinski definition) is 2. The summed E-state index contributed by atoms with van der Waals surface area (Å²) < 4.78 is 36.6. The second kappa shape index (κ2) is 5.83. The summed E-state index contributed by atoms with van der Waals surface area (Å²) in [5, 5.41) is 5.01. The average molecular weight is 333 g/mol. The minimum Gasteiger partial charge on any atom is -0.269 e. The number of halogens is 3. The maximum Gasteiger partial charge on any atom is 0.296 e. The van der Waals surface area contributed by atoms with Crippen LogP contribution in [0.2, 0.25) is 10.0 Å². The van der Waals surface area contributed by atoms with Crippen molar-refractivity contribution in [1.29, 1.82) is 0 Å². The summed E-state index contributed by atoms with van der Waals surface area (Å²) in [6.45, 7) is 3.34. The summed E-state index contributed by atoms with van der Waals surface area (Å²) in [4.78, 5) is 0.488. The molecule has 1 aromatic rings. The fourth-order valence-corrected chi connectivity index (χ4v) is 3.43. The van der Waals surface area contributed by atoms with Gasteiger partial charge >= 0.3 is 0 Å². The van der Waals surface area contributed by atoms with Gasteiger partial charge in [-0.25, -0.2) is 9.53 Å². The normalized spacial score (nSPS) is 11.7. The second-order valence-corrected chi connectivity index (χ2v) is 6.45. The number of nitrogens with two attached hydrogens (primary N) is 1. The van der Waals surface area contributed by atoms with E-state index in [9.17, 15) is 12.8 Å². The smallest absolute Gasteiger partial charge is 0.269 e. The molecule has 0 radical (unpaired) electrons. The standard InChI is InChI=1S/C9H11Cl2FN2O2S2/c1-4-5(2)9(17-3-12)7(11)6(10)8(4)14-18(13,15)16/h14H,3H2,1-2H3,(H2,13,15,16). The first-order valence-electron chi connectivity index (χ1n) is 4.66. The molecule has 0 spiro atoms. The molecule has 1 rings (SSSR count). The van der Waals surface area contributed by atoms with Crippen LogP contribution >= 0.6 is 35.0 Å². The van der Waals surface area contributed by atoms with Gasteiger partial charge in [0.15, 0.2) is 0 Å². The molecule has 0 unspecified atom stereocenters. The van der Waals surface area contributed by atoms with Crippen LogP contribution in [0.3, 0.4) is 0 Å². The zero-order chi connectivity index (χ0) is 14.1. The van der Waals surface area contributed by atoms with Crippen molar-refractivity contribution >= 4 is 50.9 Å². The van der Waals surface area contributed by atoms with Crippen molar-refractivity contribution < 1.29 is 12.8 Å². The van der Waals surface area contributed by atoms with E-state index in [0.717, 1.165) is 11.8 Å². The molecule has 4 nitrogen and oxygen atoms in total. The van der Waals surface area contributed by atoms with Crippen molar-refractivity contribution in [3.05, 3.63) is 21.2 Å². The Hall–Kier alpha value is -0.210. The fraction of sp³-hybridized carbons (Fsp3) is 0.333. The number of benzene rings is 1. The first-order valence-corrected chi connectivity index (χ1v) is 7.95. The molecule has 0 aromatic heterocycles. The van der Waals surface area contributed by atoms with E-state index in [-0.39, 0.29) is 15.7 Å². The molecule has 9 heteroatoms. The quantitative estimate of drug-likeness (QED) is 0.831. The monoisotopic (exact) mass is 332 g/mol. The molecule has 3 N–H and O–H groups in total. The fourth-order valence-electron chi connectivity index (χ4n) is 1.39. The Morgan fingerprint density at radius 1 is 1.28 bits per heavy atom. The number of thioether (sulfide) groups is 1. The van der Waals surface area contributed by atoms with Crippen LogP contribution in [0, 0.1) is 13.8 Å².